The van der Waals surface area contributed by atoms with E-state index in [2.05, 4.69) is 5.32 Å². The first-order valence-electron chi connectivity index (χ1n) is 9.49. The van der Waals surface area contributed by atoms with Crippen LogP contribution in [0.3, 0.4) is 0 Å². The molecule has 0 fully saturated rings. The number of hydrogen-bond donors (Lipinski definition) is 1. The number of sulfonamides is 1. The Morgan fingerprint density at radius 2 is 1.94 bits per heavy atom. The predicted octanol–water partition coefficient (Wildman–Crippen LogP) is 3.24. The molecule has 0 aromatic heterocycles. The van der Waals surface area contributed by atoms with Crippen LogP contribution >= 0.6 is 11.6 Å². The number of esters is 1. The number of benzene rings is 2. The highest BCUT2D eigenvalue weighted by molar-refractivity contribution is 7.92. The number of anilines is 2. The maximum absolute atomic E-state index is 12.6. The molecule has 0 bridgehead atoms. The number of nitrogens with one attached hydrogen (secondary N) is 1. The third-order valence-corrected chi connectivity index (χ3v) is 6.40. The Kier molecular flexibility index (Phi) is 6.47. The summed E-state index contributed by atoms with van der Waals surface area (Å²) in [5, 5.41) is 3.04. The van der Waals surface area contributed by atoms with Gasteiger partial charge >= 0.3 is 5.97 Å². The van der Waals surface area contributed by atoms with Crippen LogP contribution in [0, 0.1) is 0 Å². The van der Waals surface area contributed by atoms with Crippen molar-refractivity contribution in [3.8, 4) is 5.75 Å². The van der Waals surface area contributed by atoms with E-state index >= 15 is 0 Å². The second-order valence-corrected chi connectivity index (χ2v) is 9.63. The number of fused-ring (bicyclic) bond motifs is 1. The molecule has 2 atom stereocenters. The van der Waals surface area contributed by atoms with Crippen LogP contribution in [0.5, 0.6) is 5.75 Å². The zero-order valence-corrected chi connectivity index (χ0v) is 19.1. The highest BCUT2D eigenvalue weighted by atomic mass is 35.5. The minimum atomic E-state index is -3.42. The Morgan fingerprint density at radius 1 is 1.23 bits per heavy atom. The van der Waals surface area contributed by atoms with Crippen LogP contribution in [0.2, 0.25) is 5.02 Å². The number of carbonyl (C=O) groups excluding carboxylic acids is 2. The van der Waals surface area contributed by atoms with Gasteiger partial charge in [-0.05, 0) is 62.2 Å². The van der Waals surface area contributed by atoms with Gasteiger partial charge in [-0.3, -0.25) is 9.10 Å². The Morgan fingerprint density at radius 3 is 2.58 bits per heavy atom. The highest BCUT2D eigenvalue weighted by Gasteiger charge is 2.33. The molecule has 3 rings (SSSR count). The SMILES string of the molecule is COc1ccc(Cl)cc1NC(=O)C(C)OC(=O)c1ccc2c(c1)CC(C)N2S(C)(=O)=O. The predicted molar refractivity (Wildman–Crippen MR) is 118 cm³/mol. The lowest BCUT2D eigenvalue weighted by Crippen LogP contribution is -2.34. The number of methoxy groups -OCH3 is 1. The summed E-state index contributed by atoms with van der Waals surface area (Å²) in [6.07, 6.45) is 0.542. The smallest absolute Gasteiger partial charge is 0.338 e. The molecular formula is C21H23ClN2O6S. The molecule has 0 spiro atoms. The summed E-state index contributed by atoms with van der Waals surface area (Å²) in [6.45, 7) is 3.25. The molecule has 1 amide bonds. The van der Waals surface area contributed by atoms with Gasteiger partial charge < -0.3 is 14.8 Å². The van der Waals surface area contributed by atoms with E-state index in [4.69, 9.17) is 21.1 Å². The van der Waals surface area contributed by atoms with E-state index in [0.29, 0.717) is 28.6 Å². The number of ether oxygens (including phenoxy) is 2. The topological polar surface area (TPSA) is 102 Å². The average Bonchev–Trinajstić information content (AvgIpc) is 3.03. The van der Waals surface area contributed by atoms with Gasteiger partial charge in [-0.1, -0.05) is 11.6 Å². The third kappa shape index (κ3) is 4.94. The molecule has 8 nitrogen and oxygen atoms in total. The van der Waals surface area contributed by atoms with E-state index in [1.807, 2.05) is 0 Å². The minimum absolute atomic E-state index is 0.237. The van der Waals surface area contributed by atoms with Crippen molar-refractivity contribution in [2.75, 3.05) is 23.0 Å². The lowest BCUT2D eigenvalue weighted by molar-refractivity contribution is -0.123. The van der Waals surface area contributed by atoms with Gasteiger partial charge in [-0.15, -0.1) is 0 Å². The average molecular weight is 467 g/mol. The van der Waals surface area contributed by atoms with Crippen molar-refractivity contribution in [3.63, 3.8) is 0 Å². The minimum Gasteiger partial charge on any atom is -0.495 e. The van der Waals surface area contributed by atoms with Gasteiger partial charge in [0.2, 0.25) is 10.0 Å². The lowest BCUT2D eigenvalue weighted by atomic mass is 10.1. The van der Waals surface area contributed by atoms with Crippen molar-refractivity contribution in [3.05, 3.63) is 52.5 Å². The molecule has 166 valence electrons. The zero-order valence-electron chi connectivity index (χ0n) is 17.5. The van der Waals surface area contributed by atoms with Crippen molar-refractivity contribution < 1.29 is 27.5 Å². The van der Waals surface area contributed by atoms with Gasteiger partial charge in [0.15, 0.2) is 6.10 Å². The van der Waals surface area contributed by atoms with Crippen LogP contribution in [-0.2, 0) is 26.0 Å². The Bertz CT molecular complexity index is 1130. The van der Waals surface area contributed by atoms with Crippen LogP contribution in [0.1, 0.15) is 29.8 Å². The number of nitrogens with zero attached hydrogens (tertiary/aromatic N) is 1. The Labute approximate surface area is 186 Å². The summed E-state index contributed by atoms with van der Waals surface area (Å²) in [5.74, 6) is -0.819. The second kappa shape index (κ2) is 8.76. The van der Waals surface area contributed by atoms with Crippen molar-refractivity contribution in [2.24, 2.45) is 0 Å². The molecule has 2 unspecified atom stereocenters. The van der Waals surface area contributed by atoms with E-state index in [0.717, 1.165) is 11.8 Å². The zero-order chi connectivity index (χ0) is 22.9. The first kappa shape index (κ1) is 22.9. The number of carbonyl (C=O) groups is 2. The third-order valence-electron chi connectivity index (χ3n) is 4.90. The van der Waals surface area contributed by atoms with Crippen LogP contribution < -0.4 is 14.4 Å². The van der Waals surface area contributed by atoms with Crippen molar-refractivity contribution in [1.82, 2.24) is 0 Å². The fraction of sp³-hybridized carbons (Fsp3) is 0.333. The maximum atomic E-state index is 12.6. The quantitative estimate of drug-likeness (QED) is 0.656. The fourth-order valence-corrected chi connectivity index (χ4v) is 4.97. The van der Waals surface area contributed by atoms with E-state index < -0.39 is 28.0 Å². The molecule has 0 saturated heterocycles. The molecule has 2 aromatic carbocycles. The van der Waals surface area contributed by atoms with Crippen molar-refractivity contribution in [2.45, 2.75) is 32.4 Å². The molecule has 31 heavy (non-hydrogen) atoms. The molecule has 1 aliphatic heterocycles. The normalized spacial score (nSPS) is 16.4. The largest absolute Gasteiger partial charge is 0.495 e. The molecular weight excluding hydrogens is 444 g/mol. The second-order valence-electron chi connectivity index (χ2n) is 7.34. The van der Waals surface area contributed by atoms with Gasteiger partial charge in [0.1, 0.15) is 5.75 Å². The van der Waals surface area contributed by atoms with Gasteiger partial charge in [-0.25, -0.2) is 13.2 Å². The van der Waals surface area contributed by atoms with Crippen LogP contribution in [-0.4, -0.2) is 45.8 Å². The van der Waals surface area contributed by atoms with E-state index in [9.17, 15) is 18.0 Å². The van der Waals surface area contributed by atoms with Gasteiger partial charge in [0.25, 0.3) is 5.91 Å². The summed E-state index contributed by atoms with van der Waals surface area (Å²) in [4.78, 5) is 25.1. The van der Waals surface area contributed by atoms with E-state index in [-0.39, 0.29) is 11.6 Å². The molecule has 2 aromatic rings. The number of rotatable bonds is 6. The van der Waals surface area contributed by atoms with Crippen LogP contribution in [0.25, 0.3) is 0 Å². The highest BCUT2D eigenvalue weighted by Crippen LogP contribution is 2.35. The first-order chi connectivity index (χ1) is 14.5. The monoisotopic (exact) mass is 466 g/mol. The first-order valence-corrected chi connectivity index (χ1v) is 11.7. The molecule has 1 heterocycles. The molecule has 10 heteroatoms. The Hall–Kier alpha value is -2.78. The molecule has 0 radical (unpaired) electrons. The van der Waals surface area contributed by atoms with Crippen molar-refractivity contribution in [1.29, 1.82) is 0 Å². The number of halogens is 1. The van der Waals surface area contributed by atoms with Gasteiger partial charge in [0, 0.05) is 11.1 Å². The molecule has 1 aliphatic rings. The Balaban J connectivity index is 1.72. The fourth-order valence-electron chi connectivity index (χ4n) is 3.53. The van der Waals surface area contributed by atoms with Crippen LogP contribution in [0.4, 0.5) is 11.4 Å². The summed E-state index contributed by atoms with van der Waals surface area (Å²) in [5.41, 5.74) is 1.87. The summed E-state index contributed by atoms with van der Waals surface area (Å²) < 4.78 is 35.9. The molecule has 0 saturated carbocycles. The van der Waals surface area contributed by atoms with Crippen molar-refractivity contribution >= 4 is 44.9 Å². The number of amides is 1. The summed E-state index contributed by atoms with van der Waals surface area (Å²) in [6, 6.07) is 9.19. The summed E-state index contributed by atoms with van der Waals surface area (Å²) in [7, 11) is -1.96. The van der Waals surface area contributed by atoms with E-state index in [1.165, 1.54) is 30.5 Å². The molecule has 1 N–H and O–H groups in total. The molecule has 0 aliphatic carbocycles. The maximum Gasteiger partial charge on any atom is 0.338 e. The van der Waals surface area contributed by atoms with Crippen LogP contribution in [0.15, 0.2) is 36.4 Å². The van der Waals surface area contributed by atoms with Gasteiger partial charge in [0.05, 0.1) is 30.3 Å². The number of hydrogen-bond acceptors (Lipinski definition) is 6. The lowest BCUT2D eigenvalue weighted by Gasteiger charge is -2.22. The van der Waals surface area contributed by atoms with E-state index in [1.54, 1.807) is 31.2 Å². The standard InChI is InChI=1S/C21H23ClN2O6S/c1-12-9-15-10-14(5-7-18(15)24(12)31(4,27)28)21(26)30-13(2)20(25)23-17-11-16(22)6-8-19(17)29-3/h5-8,10-13H,9H2,1-4H3,(H,23,25). The summed E-state index contributed by atoms with van der Waals surface area (Å²) >= 11 is 5.96. The van der Waals surface area contributed by atoms with Gasteiger partial charge in [-0.2, -0.15) is 0 Å².